The quantitative estimate of drug-likeness (QED) is 0.629. The molecule has 0 aliphatic carbocycles. The first-order valence-electron chi connectivity index (χ1n) is 10.4. The SMILES string of the molecule is CO[C@@H]1[C@H](OCc2ccccc2)[C@@H](OCc2ccccc2)[C@@H](/C=C\C(C)C)O[C@H]1O. The molecule has 1 aliphatic heterocycles. The van der Waals surface area contributed by atoms with Gasteiger partial charge in [0.1, 0.15) is 24.4 Å². The van der Waals surface area contributed by atoms with Crippen LogP contribution in [0.5, 0.6) is 0 Å². The lowest BCUT2D eigenvalue weighted by molar-refractivity contribution is -0.296. The van der Waals surface area contributed by atoms with Crippen molar-refractivity contribution in [3.63, 3.8) is 0 Å². The largest absolute Gasteiger partial charge is 0.373 e. The first-order valence-corrected chi connectivity index (χ1v) is 10.4. The van der Waals surface area contributed by atoms with Crippen LogP contribution in [0.15, 0.2) is 72.8 Å². The molecule has 0 aromatic heterocycles. The van der Waals surface area contributed by atoms with Crippen molar-refractivity contribution in [2.45, 2.75) is 57.8 Å². The lowest BCUT2D eigenvalue weighted by Gasteiger charge is -2.43. The van der Waals surface area contributed by atoms with Crippen molar-refractivity contribution in [2.75, 3.05) is 7.11 Å². The van der Waals surface area contributed by atoms with Crippen LogP contribution in [0.2, 0.25) is 0 Å². The minimum absolute atomic E-state index is 0.351. The maximum absolute atomic E-state index is 10.6. The number of methoxy groups -OCH3 is 1. The zero-order valence-corrected chi connectivity index (χ0v) is 17.9. The number of allylic oxidation sites excluding steroid dienone is 1. The number of benzene rings is 2. The van der Waals surface area contributed by atoms with Crippen molar-refractivity contribution in [1.29, 1.82) is 0 Å². The Balaban J connectivity index is 1.81. The van der Waals surface area contributed by atoms with Crippen molar-refractivity contribution < 1.29 is 24.1 Å². The van der Waals surface area contributed by atoms with Gasteiger partial charge in [-0.1, -0.05) is 86.7 Å². The van der Waals surface area contributed by atoms with Gasteiger partial charge in [0.2, 0.25) is 0 Å². The molecule has 5 atom stereocenters. The van der Waals surface area contributed by atoms with Gasteiger partial charge in [-0.05, 0) is 17.0 Å². The van der Waals surface area contributed by atoms with Crippen LogP contribution in [-0.4, -0.2) is 42.9 Å². The molecule has 0 spiro atoms. The van der Waals surface area contributed by atoms with Crippen LogP contribution in [0.1, 0.15) is 25.0 Å². The van der Waals surface area contributed by atoms with Crippen molar-refractivity contribution in [3.8, 4) is 0 Å². The summed E-state index contributed by atoms with van der Waals surface area (Å²) in [5, 5.41) is 10.6. The zero-order valence-electron chi connectivity index (χ0n) is 17.9. The summed E-state index contributed by atoms with van der Waals surface area (Å²) in [5.74, 6) is 0.351. The number of hydrogen-bond donors (Lipinski definition) is 1. The Hall–Kier alpha value is -2.02. The van der Waals surface area contributed by atoms with E-state index in [-0.39, 0.29) is 0 Å². The fraction of sp³-hybridized carbons (Fsp3) is 0.440. The molecule has 0 saturated carbocycles. The molecule has 1 heterocycles. The molecule has 0 radical (unpaired) electrons. The van der Waals surface area contributed by atoms with Crippen molar-refractivity contribution in [2.24, 2.45) is 5.92 Å². The highest BCUT2D eigenvalue weighted by molar-refractivity contribution is 5.15. The molecule has 2 aromatic carbocycles. The average Bonchev–Trinajstić information content (AvgIpc) is 2.76. The van der Waals surface area contributed by atoms with Gasteiger partial charge < -0.3 is 24.1 Å². The first-order chi connectivity index (χ1) is 14.6. The van der Waals surface area contributed by atoms with Crippen LogP contribution in [0.25, 0.3) is 0 Å². The Bertz CT molecular complexity index is 762. The molecule has 5 nitrogen and oxygen atoms in total. The topological polar surface area (TPSA) is 57.2 Å². The van der Waals surface area contributed by atoms with E-state index >= 15 is 0 Å². The number of aliphatic hydroxyl groups excluding tert-OH is 1. The molecule has 1 aliphatic rings. The molecule has 3 rings (SSSR count). The maximum atomic E-state index is 10.6. The van der Waals surface area contributed by atoms with E-state index in [0.717, 1.165) is 11.1 Å². The van der Waals surface area contributed by atoms with E-state index in [1.807, 2.05) is 66.7 Å². The zero-order chi connectivity index (χ0) is 21.3. The van der Waals surface area contributed by atoms with E-state index < -0.39 is 30.7 Å². The second kappa shape index (κ2) is 11.4. The predicted molar refractivity (Wildman–Crippen MR) is 116 cm³/mol. The highest BCUT2D eigenvalue weighted by Crippen LogP contribution is 2.29. The number of rotatable bonds is 9. The number of aliphatic hydroxyl groups is 1. The summed E-state index contributed by atoms with van der Waals surface area (Å²) in [6.45, 7) is 5.00. The highest BCUT2D eigenvalue weighted by Gasteiger charge is 2.46. The summed E-state index contributed by atoms with van der Waals surface area (Å²) in [7, 11) is 1.55. The van der Waals surface area contributed by atoms with Gasteiger partial charge in [0.25, 0.3) is 0 Å². The van der Waals surface area contributed by atoms with Crippen LogP contribution in [0.3, 0.4) is 0 Å². The monoisotopic (exact) mass is 412 g/mol. The van der Waals surface area contributed by atoms with Gasteiger partial charge >= 0.3 is 0 Å². The third kappa shape index (κ3) is 6.24. The molecule has 5 heteroatoms. The van der Waals surface area contributed by atoms with Crippen LogP contribution >= 0.6 is 0 Å². The Kier molecular flexibility index (Phi) is 8.61. The summed E-state index contributed by atoms with van der Waals surface area (Å²) in [4.78, 5) is 0. The molecular formula is C25H32O5. The molecule has 0 bridgehead atoms. The van der Waals surface area contributed by atoms with Gasteiger partial charge in [-0.15, -0.1) is 0 Å². The number of ether oxygens (including phenoxy) is 4. The van der Waals surface area contributed by atoms with E-state index in [4.69, 9.17) is 18.9 Å². The molecular weight excluding hydrogens is 380 g/mol. The van der Waals surface area contributed by atoms with Gasteiger partial charge in [0.05, 0.1) is 13.2 Å². The van der Waals surface area contributed by atoms with Gasteiger partial charge in [0, 0.05) is 7.11 Å². The molecule has 1 saturated heterocycles. The molecule has 1 fully saturated rings. The van der Waals surface area contributed by atoms with Crippen molar-refractivity contribution in [3.05, 3.63) is 83.9 Å². The summed E-state index contributed by atoms with van der Waals surface area (Å²) in [5.41, 5.74) is 2.11. The van der Waals surface area contributed by atoms with Gasteiger partial charge in [-0.25, -0.2) is 0 Å². The highest BCUT2D eigenvalue weighted by atomic mass is 16.7. The average molecular weight is 413 g/mol. The summed E-state index contributed by atoms with van der Waals surface area (Å²) >= 11 is 0. The fourth-order valence-corrected chi connectivity index (χ4v) is 3.50. The molecule has 1 N–H and O–H groups in total. The van der Waals surface area contributed by atoms with Crippen LogP contribution < -0.4 is 0 Å². The summed E-state index contributed by atoms with van der Waals surface area (Å²) in [6.07, 6.45) is 0.874. The van der Waals surface area contributed by atoms with Crippen LogP contribution in [0, 0.1) is 5.92 Å². The van der Waals surface area contributed by atoms with Gasteiger partial charge in [-0.3, -0.25) is 0 Å². The second-order valence-corrected chi connectivity index (χ2v) is 7.84. The van der Waals surface area contributed by atoms with E-state index in [2.05, 4.69) is 19.9 Å². The molecule has 30 heavy (non-hydrogen) atoms. The van der Waals surface area contributed by atoms with E-state index in [1.165, 1.54) is 0 Å². The van der Waals surface area contributed by atoms with Crippen LogP contribution in [-0.2, 0) is 32.2 Å². The second-order valence-electron chi connectivity index (χ2n) is 7.84. The molecule has 0 unspecified atom stereocenters. The third-order valence-electron chi connectivity index (χ3n) is 5.08. The van der Waals surface area contributed by atoms with Crippen molar-refractivity contribution >= 4 is 0 Å². The van der Waals surface area contributed by atoms with Crippen LogP contribution in [0.4, 0.5) is 0 Å². The Morgan fingerprint density at radius 1 is 0.867 bits per heavy atom. The minimum atomic E-state index is -1.10. The summed E-state index contributed by atoms with van der Waals surface area (Å²) in [6, 6.07) is 19.9. The Labute approximate surface area is 179 Å². The Morgan fingerprint density at radius 3 is 1.90 bits per heavy atom. The normalized spacial score (nSPS) is 27.0. The molecule has 2 aromatic rings. The fourth-order valence-electron chi connectivity index (χ4n) is 3.50. The van der Waals surface area contributed by atoms with E-state index in [0.29, 0.717) is 19.1 Å². The predicted octanol–water partition coefficient (Wildman–Crippen LogP) is 4.10. The third-order valence-corrected chi connectivity index (χ3v) is 5.08. The van der Waals surface area contributed by atoms with E-state index in [1.54, 1.807) is 7.11 Å². The maximum Gasteiger partial charge on any atom is 0.184 e. The van der Waals surface area contributed by atoms with Gasteiger partial charge in [-0.2, -0.15) is 0 Å². The van der Waals surface area contributed by atoms with Crippen molar-refractivity contribution in [1.82, 2.24) is 0 Å². The number of hydrogen-bond acceptors (Lipinski definition) is 5. The minimum Gasteiger partial charge on any atom is -0.373 e. The van der Waals surface area contributed by atoms with E-state index in [9.17, 15) is 5.11 Å². The summed E-state index contributed by atoms with van der Waals surface area (Å²) < 4.78 is 24.0. The lowest BCUT2D eigenvalue weighted by atomic mass is 9.96. The smallest absolute Gasteiger partial charge is 0.184 e. The molecule has 0 amide bonds. The van der Waals surface area contributed by atoms with Gasteiger partial charge in [0.15, 0.2) is 6.29 Å². The lowest BCUT2D eigenvalue weighted by Crippen LogP contribution is -2.59. The standard InChI is InChI=1S/C25H32O5/c1-18(2)14-15-21-22(28-16-19-10-6-4-7-11-19)23(24(27-3)25(26)30-21)29-17-20-12-8-5-9-13-20/h4-15,18,21-26H,16-17H2,1-3H3/b15-14-/t21-,22+,23-,24-,25-/m1/s1. The Morgan fingerprint density at radius 2 is 1.40 bits per heavy atom. The first kappa shape index (κ1) is 22.7. The molecule has 162 valence electrons.